The molecule has 1 heterocycles. The molecule has 4 unspecified atom stereocenters. The highest BCUT2D eigenvalue weighted by molar-refractivity contribution is 6.62. The van der Waals surface area contributed by atoms with Crippen LogP contribution in [0.4, 0.5) is 0 Å². The third-order valence-corrected chi connectivity index (χ3v) is 8.50. The zero-order chi connectivity index (χ0) is 16.5. The first-order valence-corrected chi connectivity index (χ1v) is 10.7. The van der Waals surface area contributed by atoms with E-state index in [9.17, 15) is 0 Å². The van der Waals surface area contributed by atoms with E-state index in [1.165, 1.54) is 12.8 Å². The average molecular weight is 331 g/mol. The van der Waals surface area contributed by atoms with E-state index in [4.69, 9.17) is 18.0 Å². The molecule has 0 aromatic rings. The van der Waals surface area contributed by atoms with Crippen LogP contribution in [0.1, 0.15) is 67.7 Å². The fourth-order valence-corrected chi connectivity index (χ4v) is 7.23. The van der Waals surface area contributed by atoms with Crippen LogP contribution in [0.15, 0.2) is 0 Å². The maximum Gasteiger partial charge on any atom is 0.504 e. The summed E-state index contributed by atoms with van der Waals surface area (Å²) in [5, 5.41) is 0. The predicted molar refractivity (Wildman–Crippen MR) is 89.8 cm³/mol. The minimum Gasteiger partial charge on any atom is -0.371 e. The molecule has 2 rings (SSSR count). The third-order valence-electron chi connectivity index (χ3n) is 4.51. The number of hydrogen-bond donors (Lipinski definition) is 0. The van der Waals surface area contributed by atoms with Crippen molar-refractivity contribution in [2.75, 3.05) is 0 Å². The van der Waals surface area contributed by atoms with E-state index < -0.39 is 8.80 Å². The summed E-state index contributed by atoms with van der Waals surface area (Å²) in [7, 11) is -2.74. The Bertz CT molecular complexity index is 332. The molecule has 22 heavy (non-hydrogen) atoms. The number of fused-ring (bicyclic) bond motifs is 1. The number of rotatable bonds is 8. The summed E-state index contributed by atoms with van der Waals surface area (Å²) < 4.78 is 24.8. The van der Waals surface area contributed by atoms with E-state index in [0.29, 0.717) is 23.7 Å². The van der Waals surface area contributed by atoms with E-state index >= 15 is 0 Å². The van der Waals surface area contributed by atoms with Crippen LogP contribution in [0.5, 0.6) is 0 Å². The topological polar surface area (TPSA) is 40.2 Å². The van der Waals surface area contributed by atoms with Gasteiger partial charge in [-0.1, -0.05) is 6.92 Å². The Morgan fingerprint density at radius 1 is 0.773 bits per heavy atom. The Hall–Kier alpha value is 0.0569. The summed E-state index contributed by atoms with van der Waals surface area (Å²) in [6.45, 7) is 14.7. The molecule has 0 aromatic heterocycles. The van der Waals surface area contributed by atoms with Gasteiger partial charge in [-0.3, -0.25) is 0 Å². The fourth-order valence-electron chi connectivity index (χ4n) is 3.57. The fraction of sp³-hybridized carbons (Fsp3) is 1.00. The Balaban J connectivity index is 2.18. The Morgan fingerprint density at radius 2 is 1.27 bits per heavy atom. The molecule has 0 spiro atoms. The second-order valence-corrected chi connectivity index (χ2v) is 10.5. The molecule has 0 amide bonds. The van der Waals surface area contributed by atoms with Crippen molar-refractivity contribution < 1.29 is 18.0 Å². The average Bonchev–Trinajstić information content (AvgIpc) is 3.13. The standard InChI is InChI=1S/C17H34O4Si/c1-11(2)19-22(20-12(3)4,21-13(5)6)14(7)15-8-9-16-17(10-15)18-16/h11-17H,8-10H2,1-7H3. The molecule has 1 saturated carbocycles. The lowest BCUT2D eigenvalue weighted by atomic mass is 9.87. The van der Waals surface area contributed by atoms with Gasteiger partial charge in [-0.05, 0) is 66.7 Å². The zero-order valence-electron chi connectivity index (χ0n) is 15.3. The summed E-state index contributed by atoms with van der Waals surface area (Å²) in [4.78, 5) is 0. The van der Waals surface area contributed by atoms with Crippen LogP contribution < -0.4 is 0 Å². The molecule has 0 aromatic carbocycles. The Kier molecular flexibility index (Phi) is 6.11. The number of ether oxygens (including phenoxy) is 1. The van der Waals surface area contributed by atoms with Crippen molar-refractivity contribution >= 4 is 8.80 Å². The van der Waals surface area contributed by atoms with Crippen molar-refractivity contribution in [3.8, 4) is 0 Å². The van der Waals surface area contributed by atoms with Gasteiger partial charge in [-0.25, -0.2) is 0 Å². The van der Waals surface area contributed by atoms with E-state index in [0.717, 1.165) is 6.42 Å². The highest BCUT2D eigenvalue weighted by Crippen LogP contribution is 2.47. The first-order valence-electron chi connectivity index (χ1n) is 8.92. The van der Waals surface area contributed by atoms with E-state index in [1.54, 1.807) is 0 Å². The summed E-state index contributed by atoms with van der Waals surface area (Å²) in [5.41, 5.74) is 0.310. The van der Waals surface area contributed by atoms with Crippen molar-refractivity contribution in [2.24, 2.45) is 5.92 Å². The SMILES string of the molecule is CC(C)O[Si](OC(C)C)(OC(C)C)C(C)C1CCC2OC2C1. The summed E-state index contributed by atoms with van der Waals surface area (Å²) >= 11 is 0. The van der Waals surface area contributed by atoms with Gasteiger partial charge in [0.2, 0.25) is 0 Å². The van der Waals surface area contributed by atoms with Gasteiger partial charge in [0.1, 0.15) is 0 Å². The zero-order valence-corrected chi connectivity index (χ0v) is 16.3. The van der Waals surface area contributed by atoms with Crippen LogP contribution in [-0.4, -0.2) is 39.3 Å². The van der Waals surface area contributed by atoms with Gasteiger partial charge >= 0.3 is 8.80 Å². The van der Waals surface area contributed by atoms with Crippen molar-refractivity contribution in [3.05, 3.63) is 0 Å². The van der Waals surface area contributed by atoms with Crippen molar-refractivity contribution in [2.45, 2.75) is 104 Å². The Labute approximate surface area is 137 Å². The van der Waals surface area contributed by atoms with Gasteiger partial charge in [0.05, 0.1) is 12.2 Å². The maximum atomic E-state index is 6.38. The lowest BCUT2D eigenvalue weighted by Crippen LogP contribution is -2.55. The molecular weight excluding hydrogens is 296 g/mol. The summed E-state index contributed by atoms with van der Waals surface area (Å²) in [6, 6.07) is 0. The number of epoxide rings is 1. The second kappa shape index (κ2) is 7.30. The van der Waals surface area contributed by atoms with Crippen LogP contribution in [0, 0.1) is 5.92 Å². The second-order valence-electron chi connectivity index (χ2n) is 7.68. The molecule has 1 aliphatic heterocycles. The van der Waals surface area contributed by atoms with E-state index in [-0.39, 0.29) is 18.3 Å². The molecule has 130 valence electrons. The molecule has 0 bridgehead atoms. The van der Waals surface area contributed by atoms with Crippen LogP contribution in [0.3, 0.4) is 0 Å². The Morgan fingerprint density at radius 3 is 1.68 bits per heavy atom. The molecule has 0 N–H and O–H groups in total. The molecule has 2 fully saturated rings. The molecule has 0 radical (unpaired) electrons. The molecule has 5 heteroatoms. The van der Waals surface area contributed by atoms with E-state index in [1.807, 2.05) is 0 Å². The lowest BCUT2D eigenvalue weighted by Gasteiger charge is -2.41. The molecule has 2 aliphatic rings. The van der Waals surface area contributed by atoms with Crippen LogP contribution in [0.2, 0.25) is 5.54 Å². The summed E-state index contributed by atoms with van der Waals surface area (Å²) in [5.74, 6) is 0.576. The minimum absolute atomic E-state index is 0.111. The van der Waals surface area contributed by atoms with Crippen LogP contribution in [0.25, 0.3) is 0 Å². The normalized spacial score (nSPS) is 30.0. The molecule has 4 atom stereocenters. The number of hydrogen-bond acceptors (Lipinski definition) is 4. The highest BCUT2D eigenvalue weighted by atomic mass is 28.4. The predicted octanol–water partition coefficient (Wildman–Crippen LogP) is 4.16. The first-order chi connectivity index (χ1) is 10.2. The van der Waals surface area contributed by atoms with Gasteiger partial charge in [0, 0.05) is 23.9 Å². The van der Waals surface area contributed by atoms with Gasteiger partial charge in [0.15, 0.2) is 0 Å². The van der Waals surface area contributed by atoms with Crippen LogP contribution in [-0.2, 0) is 18.0 Å². The molecular formula is C17H34O4Si. The van der Waals surface area contributed by atoms with Gasteiger partial charge in [0.25, 0.3) is 0 Å². The largest absolute Gasteiger partial charge is 0.504 e. The first kappa shape index (κ1) is 18.4. The highest BCUT2D eigenvalue weighted by Gasteiger charge is 2.55. The van der Waals surface area contributed by atoms with Crippen molar-refractivity contribution in [3.63, 3.8) is 0 Å². The van der Waals surface area contributed by atoms with Gasteiger partial charge in [-0.15, -0.1) is 0 Å². The quantitative estimate of drug-likeness (QED) is 0.495. The maximum absolute atomic E-state index is 6.38. The molecule has 4 nitrogen and oxygen atoms in total. The minimum atomic E-state index is -2.74. The van der Waals surface area contributed by atoms with Crippen molar-refractivity contribution in [1.29, 1.82) is 0 Å². The lowest BCUT2D eigenvalue weighted by molar-refractivity contribution is -0.00975. The monoisotopic (exact) mass is 330 g/mol. The smallest absolute Gasteiger partial charge is 0.371 e. The van der Waals surface area contributed by atoms with Gasteiger partial charge in [-0.2, -0.15) is 0 Å². The molecule has 1 saturated heterocycles. The van der Waals surface area contributed by atoms with Gasteiger partial charge < -0.3 is 18.0 Å². The van der Waals surface area contributed by atoms with E-state index in [2.05, 4.69) is 48.5 Å². The third kappa shape index (κ3) is 4.54. The van der Waals surface area contributed by atoms with Crippen LogP contribution >= 0.6 is 0 Å². The molecule has 1 aliphatic carbocycles. The summed E-state index contributed by atoms with van der Waals surface area (Å²) in [6.07, 6.45) is 4.84. The van der Waals surface area contributed by atoms with Crippen molar-refractivity contribution in [1.82, 2.24) is 0 Å².